The van der Waals surface area contributed by atoms with Crippen LogP contribution in [0.2, 0.25) is 0 Å². The van der Waals surface area contributed by atoms with Gasteiger partial charge in [-0.15, -0.1) is 0 Å². The average molecular weight is 299 g/mol. The van der Waals surface area contributed by atoms with E-state index in [-0.39, 0.29) is 11.3 Å². The summed E-state index contributed by atoms with van der Waals surface area (Å²) in [6, 6.07) is 10.6. The Hall–Kier alpha value is -2.53. The number of hydrogen-bond donors (Lipinski definition) is 2. The third kappa shape index (κ3) is 2.19. The minimum atomic E-state index is -2.04. The second-order valence-corrected chi connectivity index (χ2v) is 5.42. The van der Waals surface area contributed by atoms with E-state index >= 15 is 0 Å². The van der Waals surface area contributed by atoms with Crippen molar-refractivity contribution in [2.75, 3.05) is 5.32 Å². The number of rotatable bonds is 3. The Morgan fingerprint density at radius 1 is 1.27 bits per heavy atom. The molecule has 1 unspecified atom stereocenters. The molecular formula is C17H14FNO3. The summed E-state index contributed by atoms with van der Waals surface area (Å²) in [6.45, 7) is 1.78. The van der Waals surface area contributed by atoms with Crippen LogP contribution >= 0.6 is 0 Å². The second kappa shape index (κ2) is 5.03. The molecule has 22 heavy (non-hydrogen) atoms. The molecule has 0 aliphatic carbocycles. The third-order valence-corrected chi connectivity index (χ3v) is 3.91. The number of benzene rings is 2. The van der Waals surface area contributed by atoms with Crippen LogP contribution in [0.5, 0.6) is 0 Å². The van der Waals surface area contributed by atoms with E-state index in [2.05, 4.69) is 5.32 Å². The number of ketones is 1. The highest BCUT2D eigenvalue weighted by molar-refractivity contribution is 6.09. The van der Waals surface area contributed by atoms with E-state index in [1.165, 1.54) is 12.1 Å². The van der Waals surface area contributed by atoms with Gasteiger partial charge in [-0.3, -0.25) is 9.59 Å². The highest BCUT2D eigenvalue weighted by Crippen LogP contribution is 2.39. The summed E-state index contributed by atoms with van der Waals surface area (Å²) in [6.07, 6.45) is -0.430. The maximum Gasteiger partial charge on any atom is 0.261 e. The van der Waals surface area contributed by atoms with Crippen LogP contribution in [0.15, 0.2) is 42.5 Å². The number of fused-ring (bicyclic) bond motifs is 1. The lowest BCUT2D eigenvalue weighted by Gasteiger charge is -2.20. The van der Waals surface area contributed by atoms with Gasteiger partial charge in [0.15, 0.2) is 11.4 Å². The van der Waals surface area contributed by atoms with Crippen LogP contribution < -0.4 is 5.32 Å². The van der Waals surface area contributed by atoms with Crippen molar-refractivity contribution in [2.24, 2.45) is 0 Å². The van der Waals surface area contributed by atoms with Gasteiger partial charge >= 0.3 is 0 Å². The van der Waals surface area contributed by atoms with Crippen molar-refractivity contribution in [1.29, 1.82) is 0 Å². The number of nitrogens with one attached hydrogen (secondary N) is 1. The lowest BCUT2D eigenvalue weighted by Crippen LogP contribution is -2.36. The van der Waals surface area contributed by atoms with E-state index in [4.69, 9.17) is 0 Å². The molecule has 5 heteroatoms. The zero-order chi connectivity index (χ0) is 15.9. The smallest absolute Gasteiger partial charge is 0.261 e. The lowest BCUT2D eigenvalue weighted by atomic mass is 9.87. The van der Waals surface area contributed by atoms with E-state index in [9.17, 15) is 19.1 Å². The minimum Gasteiger partial charge on any atom is -0.375 e. The van der Waals surface area contributed by atoms with Gasteiger partial charge in [-0.05, 0) is 30.7 Å². The molecule has 0 spiro atoms. The molecule has 0 saturated carbocycles. The molecule has 0 aromatic heterocycles. The summed E-state index contributed by atoms with van der Waals surface area (Å²) in [5.74, 6) is -1.65. The van der Waals surface area contributed by atoms with Gasteiger partial charge in [0.2, 0.25) is 0 Å². The van der Waals surface area contributed by atoms with E-state index in [1.807, 2.05) is 0 Å². The van der Waals surface area contributed by atoms with Gasteiger partial charge in [0, 0.05) is 16.8 Å². The largest absolute Gasteiger partial charge is 0.375 e. The summed E-state index contributed by atoms with van der Waals surface area (Å²) in [7, 11) is 0. The summed E-state index contributed by atoms with van der Waals surface area (Å²) >= 11 is 0. The van der Waals surface area contributed by atoms with Crippen LogP contribution in [0.25, 0.3) is 0 Å². The van der Waals surface area contributed by atoms with Crippen molar-refractivity contribution in [2.45, 2.75) is 18.9 Å². The number of amides is 1. The Labute approximate surface area is 126 Å². The Balaban J connectivity index is 1.98. The topological polar surface area (TPSA) is 66.4 Å². The summed E-state index contributed by atoms with van der Waals surface area (Å²) < 4.78 is 13.4. The second-order valence-electron chi connectivity index (χ2n) is 5.42. The zero-order valence-electron chi connectivity index (χ0n) is 11.9. The van der Waals surface area contributed by atoms with Gasteiger partial charge in [0.05, 0.1) is 6.42 Å². The standard InChI is InChI=1S/C17H14FNO3/c1-10-4-2-3-5-12(10)15(20)9-17(22)13-8-11(18)6-7-14(13)19-16(17)21/h2-8,22H,9H2,1H3,(H,19,21). The van der Waals surface area contributed by atoms with Crippen LogP contribution in [0, 0.1) is 12.7 Å². The van der Waals surface area contributed by atoms with Crippen LogP contribution in [0.4, 0.5) is 10.1 Å². The fourth-order valence-corrected chi connectivity index (χ4v) is 2.70. The molecule has 2 N–H and O–H groups in total. The number of aryl methyl sites for hydroxylation is 1. The first kappa shape index (κ1) is 14.4. The lowest BCUT2D eigenvalue weighted by molar-refractivity contribution is -0.133. The predicted molar refractivity (Wildman–Crippen MR) is 79.1 cm³/mol. The summed E-state index contributed by atoms with van der Waals surface area (Å²) in [4.78, 5) is 24.5. The number of anilines is 1. The first-order valence-corrected chi connectivity index (χ1v) is 6.84. The molecule has 1 aliphatic heterocycles. The zero-order valence-corrected chi connectivity index (χ0v) is 11.9. The maximum absolute atomic E-state index is 13.4. The van der Waals surface area contributed by atoms with Crippen molar-refractivity contribution in [3.05, 3.63) is 65.0 Å². The van der Waals surface area contributed by atoms with E-state index in [0.29, 0.717) is 11.3 Å². The van der Waals surface area contributed by atoms with Gasteiger partial charge in [0.1, 0.15) is 5.82 Å². The van der Waals surface area contributed by atoms with Crippen molar-refractivity contribution in [1.82, 2.24) is 0 Å². The minimum absolute atomic E-state index is 0.0967. The highest BCUT2D eigenvalue weighted by Gasteiger charge is 2.47. The quantitative estimate of drug-likeness (QED) is 0.856. The molecule has 2 aromatic carbocycles. The number of aliphatic hydroxyl groups is 1. The van der Waals surface area contributed by atoms with Gasteiger partial charge in [-0.1, -0.05) is 24.3 Å². The van der Waals surface area contributed by atoms with E-state index in [1.54, 1.807) is 31.2 Å². The first-order chi connectivity index (χ1) is 10.4. The molecule has 1 heterocycles. The number of hydrogen-bond acceptors (Lipinski definition) is 3. The van der Waals surface area contributed by atoms with Crippen molar-refractivity contribution < 1.29 is 19.1 Å². The molecule has 0 radical (unpaired) electrons. The monoisotopic (exact) mass is 299 g/mol. The van der Waals surface area contributed by atoms with Gasteiger partial charge in [-0.25, -0.2) is 4.39 Å². The molecular weight excluding hydrogens is 285 g/mol. The molecule has 4 nitrogen and oxygen atoms in total. The molecule has 0 fully saturated rings. The Morgan fingerprint density at radius 2 is 2.00 bits per heavy atom. The molecule has 2 aromatic rings. The number of carbonyl (C=O) groups is 2. The molecule has 1 amide bonds. The number of halogens is 1. The third-order valence-electron chi connectivity index (χ3n) is 3.91. The van der Waals surface area contributed by atoms with Crippen molar-refractivity contribution in [3.8, 4) is 0 Å². The highest BCUT2D eigenvalue weighted by atomic mass is 19.1. The average Bonchev–Trinajstić information content (AvgIpc) is 2.71. The fourth-order valence-electron chi connectivity index (χ4n) is 2.70. The molecule has 0 bridgehead atoms. The van der Waals surface area contributed by atoms with Crippen molar-refractivity contribution in [3.63, 3.8) is 0 Å². The molecule has 0 saturated heterocycles. The molecule has 3 rings (SSSR count). The normalized spacial score (nSPS) is 19.7. The van der Waals surface area contributed by atoms with Crippen LogP contribution in [-0.4, -0.2) is 16.8 Å². The van der Waals surface area contributed by atoms with Crippen LogP contribution in [-0.2, 0) is 10.4 Å². The van der Waals surface area contributed by atoms with Crippen LogP contribution in [0.3, 0.4) is 0 Å². The van der Waals surface area contributed by atoms with Crippen LogP contribution in [0.1, 0.15) is 27.9 Å². The Kier molecular flexibility index (Phi) is 3.30. The van der Waals surface area contributed by atoms with Gasteiger partial charge in [-0.2, -0.15) is 0 Å². The molecule has 1 atom stereocenters. The number of carbonyl (C=O) groups excluding carboxylic acids is 2. The SMILES string of the molecule is Cc1ccccc1C(=O)CC1(O)C(=O)Nc2ccc(F)cc21. The number of Topliss-reactive ketones (excluding diaryl/α,β-unsaturated/α-hetero) is 1. The molecule has 112 valence electrons. The van der Waals surface area contributed by atoms with Gasteiger partial charge in [0.25, 0.3) is 5.91 Å². The predicted octanol–water partition coefficient (Wildman–Crippen LogP) is 2.55. The maximum atomic E-state index is 13.4. The van der Waals surface area contributed by atoms with E-state index in [0.717, 1.165) is 11.6 Å². The van der Waals surface area contributed by atoms with E-state index < -0.39 is 23.7 Å². The summed E-state index contributed by atoms with van der Waals surface area (Å²) in [5.41, 5.74) is -0.426. The summed E-state index contributed by atoms with van der Waals surface area (Å²) in [5, 5.41) is 13.1. The fraction of sp³-hybridized carbons (Fsp3) is 0.176. The van der Waals surface area contributed by atoms with Gasteiger partial charge < -0.3 is 10.4 Å². The molecule has 1 aliphatic rings. The Bertz CT molecular complexity index is 787. The van der Waals surface area contributed by atoms with Crippen molar-refractivity contribution >= 4 is 17.4 Å². The first-order valence-electron chi connectivity index (χ1n) is 6.84. The Morgan fingerprint density at radius 3 is 2.73 bits per heavy atom.